The largest absolute Gasteiger partial charge is 0.395 e. The van der Waals surface area contributed by atoms with Gasteiger partial charge < -0.3 is 10.3 Å². The first-order valence-corrected chi connectivity index (χ1v) is 8.44. The first-order chi connectivity index (χ1) is 10.2. The van der Waals surface area contributed by atoms with Gasteiger partial charge in [0.2, 0.25) is 0 Å². The van der Waals surface area contributed by atoms with Crippen LogP contribution in [0.5, 0.6) is 0 Å². The van der Waals surface area contributed by atoms with Crippen molar-refractivity contribution in [2.24, 2.45) is 7.05 Å². The number of anilines is 1. The third-order valence-corrected chi connectivity index (χ3v) is 5.31. The van der Waals surface area contributed by atoms with Crippen molar-refractivity contribution in [3.63, 3.8) is 0 Å². The summed E-state index contributed by atoms with van der Waals surface area (Å²) in [7, 11) is 1.94. The molecule has 0 spiro atoms. The van der Waals surface area contributed by atoms with E-state index in [0.29, 0.717) is 12.0 Å². The summed E-state index contributed by atoms with van der Waals surface area (Å²) in [5, 5.41) is 15.3. The summed E-state index contributed by atoms with van der Waals surface area (Å²) in [6, 6.07) is 0.596. The second-order valence-electron chi connectivity index (χ2n) is 5.96. The quantitative estimate of drug-likeness (QED) is 0.918. The van der Waals surface area contributed by atoms with E-state index >= 15 is 0 Å². The minimum absolute atomic E-state index is 0.596. The summed E-state index contributed by atoms with van der Waals surface area (Å²) in [5.41, 5.74) is 7.96. The molecule has 0 radical (unpaired) electrons. The van der Waals surface area contributed by atoms with Crippen molar-refractivity contribution in [2.75, 3.05) is 5.73 Å². The van der Waals surface area contributed by atoms with Crippen molar-refractivity contribution in [1.82, 2.24) is 24.5 Å². The molecule has 2 aliphatic carbocycles. The van der Waals surface area contributed by atoms with Crippen LogP contribution in [0.1, 0.15) is 56.1 Å². The molecule has 0 amide bonds. The number of hydrogen-bond acceptors (Lipinski definition) is 5. The number of aromatic nitrogens is 5. The monoisotopic (exact) mass is 304 g/mol. The molecule has 0 bridgehead atoms. The van der Waals surface area contributed by atoms with Gasteiger partial charge in [0, 0.05) is 19.0 Å². The molecule has 0 atom stereocenters. The third kappa shape index (κ3) is 2.23. The maximum absolute atomic E-state index is 6.22. The highest BCUT2D eigenvalue weighted by Gasteiger charge is 2.36. The number of nitrogens with zero attached hydrogens (tertiary/aromatic N) is 5. The summed E-state index contributed by atoms with van der Waals surface area (Å²) in [6.45, 7) is 2.07. The van der Waals surface area contributed by atoms with E-state index < -0.39 is 0 Å². The molecule has 2 aromatic rings. The molecular weight excluding hydrogens is 284 g/mol. The standard InChI is InChI=1S/C14H20N6S/c1-3-10-11(15)13(19(2)18-10)21-14-17-16-12(8-4-5-8)20(14)9-6-7-9/h8-9H,3-7,15H2,1-2H3. The molecule has 2 aromatic heterocycles. The minimum atomic E-state index is 0.596. The Balaban J connectivity index is 1.70. The van der Waals surface area contributed by atoms with Crippen molar-refractivity contribution in [3.05, 3.63) is 11.5 Å². The Morgan fingerprint density at radius 3 is 2.57 bits per heavy atom. The molecule has 21 heavy (non-hydrogen) atoms. The van der Waals surface area contributed by atoms with Crippen LogP contribution in [0.25, 0.3) is 0 Å². The number of nitrogens with two attached hydrogens (primary N) is 1. The van der Waals surface area contributed by atoms with Crippen LogP contribution in [0.4, 0.5) is 5.69 Å². The molecule has 2 saturated carbocycles. The third-order valence-electron chi connectivity index (χ3n) is 4.17. The smallest absolute Gasteiger partial charge is 0.197 e. The zero-order chi connectivity index (χ0) is 14.6. The number of hydrogen-bond donors (Lipinski definition) is 1. The van der Waals surface area contributed by atoms with Gasteiger partial charge in [0.25, 0.3) is 0 Å². The highest BCUT2D eigenvalue weighted by Crippen LogP contribution is 2.47. The zero-order valence-electron chi connectivity index (χ0n) is 12.4. The maximum Gasteiger partial charge on any atom is 0.197 e. The van der Waals surface area contributed by atoms with E-state index in [9.17, 15) is 0 Å². The molecule has 0 saturated heterocycles. The highest BCUT2D eigenvalue weighted by atomic mass is 32.2. The Morgan fingerprint density at radius 1 is 1.24 bits per heavy atom. The maximum atomic E-state index is 6.22. The van der Waals surface area contributed by atoms with E-state index in [0.717, 1.165) is 28.0 Å². The summed E-state index contributed by atoms with van der Waals surface area (Å²) in [5.74, 6) is 1.80. The Morgan fingerprint density at radius 2 is 2.00 bits per heavy atom. The molecule has 0 aromatic carbocycles. The lowest BCUT2D eigenvalue weighted by molar-refractivity contribution is 0.623. The van der Waals surface area contributed by atoms with Crippen molar-refractivity contribution in [1.29, 1.82) is 0 Å². The van der Waals surface area contributed by atoms with Crippen molar-refractivity contribution < 1.29 is 0 Å². The lowest BCUT2D eigenvalue weighted by atomic mass is 10.3. The molecule has 7 heteroatoms. The normalized spacial score (nSPS) is 18.4. The Labute approximate surface area is 128 Å². The molecule has 2 fully saturated rings. The minimum Gasteiger partial charge on any atom is -0.395 e. The van der Waals surface area contributed by atoms with Crippen LogP contribution in [0.3, 0.4) is 0 Å². The van der Waals surface area contributed by atoms with E-state index in [1.165, 1.54) is 31.5 Å². The van der Waals surface area contributed by atoms with Crippen molar-refractivity contribution >= 4 is 17.4 Å². The SMILES string of the molecule is CCc1nn(C)c(Sc2nnc(C3CC3)n2C2CC2)c1N. The van der Waals surface area contributed by atoms with Gasteiger partial charge in [-0.1, -0.05) is 6.92 Å². The second kappa shape index (κ2) is 4.76. The van der Waals surface area contributed by atoms with E-state index in [2.05, 4.69) is 26.8 Å². The van der Waals surface area contributed by atoms with Gasteiger partial charge in [-0.15, -0.1) is 10.2 Å². The fraction of sp³-hybridized carbons (Fsp3) is 0.643. The average Bonchev–Trinajstić information content (AvgIpc) is 3.39. The Kier molecular flexibility index (Phi) is 2.99. The van der Waals surface area contributed by atoms with Crippen molar-refractivity contribution in [2.45, 2.75) is 61.2 Å². The average molecular weight is 304 g/mol. The second-order valence-corrected chi connectivity index (χ2v) is 6.92. The predicted molar refractivity (Wildman–Crippen MR) is 81.4 cm³/mol. The topological polar surface area (TPSA) is 74.5 Å². The van der Waals surface area contributed by atoms with Gasteiger partial charge >= 0.3 is 0 Å². The molecule has 112 valence electrons. The fourth-order valence-electron chi connectivity index (χ4n) is 2.70. The molecule has 2 N–H and O–H groups in total. The molecule has 0 unspecified atom stereocenters. The van der Waals surface area contributed by atoms with Crippen LogP contribution in [-0.2, 0) is 13.5 Å². The van der Waals surface area contributed by atoms with Crippen LogP contribution in [0.15, 0.2) is 10.2 Å². The number of aryl methyl sites for hydroxylation is 2. The van der Waals surface area contributed by atoms with Gasteiger partial charge in [0.05, 0.1) is 11.4 Å². The van der Waals surface area contributed by atoms with Crippen LogP contribution in [-0.4, -0.2) is 24.5 Å². The molecule has 6 nitrogen and oxygen atoms in total. The lowest BCUT2D eigenvalue weighted by Crippen LogP contribution is -2.03. The summed E-state index contributed by atoms with van der Waals surface area (Å²) >= 11 is 1.60. The zero-order valence-corrected chi connectivity index (χ0v) is 13.2. The molecule has 4 rings (SSSR count). The van der Waals surface area contributed by atoms with E-state index in [1.54, 1.807) is 11.8 Å². The molecule has 0 aliphatic heterocycles. The van der Waals surface area contributed by atoms with Crippen molar-refractivity contribution in [3.8, 4) is 0 Å². The Bertz CT molecular complexity index is 680. The first-order valence-electron chi connectivity index (χ1n) is 7.63. The molecular formula is C14H20N6S. The van der Waals surface area contributed by atoms with Gasteiger partial charge in [0.1, 0.15) is 10.9 Å². The predicted octanol–water partition coefficient (Wildman–Crippen LogP) is 2.52. The van der Waals surface area contributed by atoms with Gasteiger partial charge in [-0.05, 0) is 43.9 Å². The molecule has 2 aliphatic rings. The highest BCUT2D eigenvalue weighted by molar-refractivity contribution is 7.99. The Hall–Kier alpha value is -1.50. The van der Waals surface area contributed by atoms with Gasteiger partial charge in [0.15, 0.2) is 5.16 Å². The van der Waals surface area contributed by atoms with Gasteiger partial charge in [-0.25, -0.2) is 0 Å². The van der Waals surface area contributed by atoms with Crippen LogP contribution < -0.4 is 5.73 Å². The first kappa shape index (κ1) is 13.2. The number of nitrogen functional groups attached to an aromatic ring is 1. The van der Waals surface area contributed by atoms with Crippen LogP contribution in [0.2, 0.25) is 0 Å². The van der Waals surface area contributed by atoms with Gasteiger partial charge in [-0.3, -0.25) is 4.68 Å². The molecule has 2 heterocycles. The summed E-state index contributed by atoms with van der Waals surface area (Å²) in [4.78, 5) is 0. The van der Waals surface area contributed by atoms with E-state index in [-0.39, 0.29) is 0 Å². The summed E-state index contributed by atoms with van der Waals surface area (Å²) in [6.07, 6.45) is 5.84. The lowest BCUT2D eigenvalue weighted by Gasteiger charge is -2.08. The van der Waals surface area contributed by atoms with Gasteiger partial charge in [-0.2, -0.15) is 5.10 Å². The van der Waals surface area contributed by atoms with E-state index in [1.807, 2.05) is 11.7 Å². The van der Waals surface area contributed by atoms with E-state index in [4.69, 9.17) is 5.73 Å². The number of rotatable bonds is 5. The summed E-state index contributed by atoms with van der Waals surface area (Å²) < 4.78 is 4.21. The van der Waals surface area contributed by atoms with Crippen LogP contribution in [0, 0.1) is 0 Å². The van der Waals surface area contributed by atoms with Crippen LogP contribution >= 0.6 is 11.8 Å². The fourth-order valence-corrected chi connectivity index (χ4v) is 3.70.